The molecule has 2 amide bonds. The molecule has 8 heteroatoms. The van der Waals surface area contributed by atoms with E-state index in [-0.39, 0.29) is 24.5 Å². The minimum absolute atomic E-state index is 0.0634. The zero-order chi connectivity index (χ0) is 13.5. The predicted molar refractivity (Wildman–Crippen MR) is 62.9 cm³/mol. The van der Waals surface area contributed by atoms with Gasteiger partial charge in [-0.2, -0.15) is 0 Å². The molecule has 1 heterocycles. The molecule has 96 valence electrons. The molecular weight excluding hydrogens is 238 g/mol. The predicted octanol–water partition coefficient (Wildman–Crippen LogP) is -1.22. The first-order chi connectivity index (χ1) is 8.54. The zero-order valence-corrected chi connectivity index (χ0v) is 9.46. The molecule has 1 aromatic rings. The number of primary amides is 1. The number of carbonyl (C=O) groups excluding carboxylic acids is 2. The highest BCUT2D eigenvalue weighted by molar-refractivity contribution is 5.98. The number of rotatable bonds is 5. The average Bonchev–Trinajstić information content (AvgIpc) is 2.37. The third kappa shape index (κ3) is 3.74. The van der Waals surface area contributed by atoms with E-state index in [0.29, 0.717) is 5.56 Å². The molecule has 18 heavy (non-hydrogen) atoms. The molecule has 0 fully saturated rings. The molecule has 0 aliphatic rings. The summed E-state index contributed by atoms with van der Waals surface area (Å²) in [6, 6.07) is 2.91. The fourth-order valence-corrected chi connectivity index (χ4v) is 1.13. The highest BCUT2D eigenvalue weighted by Crippen LogP contribution is 2.00. The molecule has 0 aliphatic heterocycles. The average molecular weight is 251 g/mol. The van der Waals surface area contributed by atoms with E-state index in [2.05, 4.69) is 15.5 Å². The van der Waals surface area contributed by atoms with Crippen LogP contribution >= 0.6 is 0 Å². The minimum Gasteiger partial charge on any atom is -0.409 e. The van der Waals surface area contributed by atoms with Crippen molar-refractivity contribution in [2.45, 2.75) is 6.42 Å². The first-order valence-corrected chi connectivity index (χ1v) is 5.05. The van der Waals surface area contributed by atoms with Crippen LogP contribution < -0.4 is 16.8 Å². The van der Waals surface area contributed by atoms with Crippen LogP contribution in [0, 0.1) is 0 Å². The Kier molecular flexibility index (Phi) is 4.61. The smallest absolute Gasteiger partial charge is 0.269 e. The molecule has 0 saturated carbocycles. The van der Waals surface area contributed by atoms with Crippen molar-refractivity contribution in [3.63, 3.8) is 0 Å². The van der Waals surface area contributed by atoms with E-state index in [1.165, 1.54) is 18.3 Å². The van der Waals surface area contributed by atoms with Gasteiger partial charge in [-0.15, -0.1) is 0 Å². The summed E-state index contributed by atoms with van der Waals surface area (Å²) < 4.78 is 0. The lowest BCUT2D eigenvalue weighted by Crippen LogP contribution is -2.28. The number of hydrogen-bond acceptors (Lipinski definition) is 5. The van der Waals surface area contributed by atoms with Crippen LogP contribution in [0.25, 0.3) is 0 Å². The summed E-state index contributed by atoms with van der Waals surface area (Å²) in [6.07, 6.45) is 1.37. The summed E-state index contributed by atoms with van der Waals surface area (Å²) in [6.45, 7) is 0.151. The first kappa shape index (κ1) is 13.4. The third-order valence-electron chi connectivity index (χ3n) is 2.06. The van der Waals surface area contributed by atoms with Gasteiger partial charge in [-0.05, 0) is 12.1 Å². The Bertz CT molecular complexity index is 469. The monoisotopic (exact) mass is 251 g/mol. The van der Waals surface area contributed by atoms with Crippen LogP contribution in [0.15, 0.2) is 23.5 Å². The van der Waals surface area contributed by atoms with Crippen molar-refractivity contribution in [1.29, 1.82) is 0 Å². The molecule has 0 saturated heterocycles. The number of nitrogens with zero attached hydrogens (tertiary/aromatic N) is 2. The molecule has 0 aromatic carbocycles. The molecule has 1 rings (SSSR count). The topological polar surface area (TPSA) is 144 Å². The second kappa shape index (κ2) is 6.18. The maximum absolute atomic E-state index is 11.5. The number of carbonyl (C=O) groups is 2. The van der Waals surface area contributed by atoms with Crippen LogP contribution in [-0.2, 0) is 4.79 Å². The van der Waals surface area contributed by atoms with Crippen molar-refractivity contribution in [2.24, 2.45) is 16.6 Å². The van der Waals surface area contributed by atoms with Crippen LogP contribution in [0.2, 0.25) is 0 Å². The highest BCUT2D eigenvalue weighted by Gasteiger charge is 2.08. The summed E-state index contributed by atoms with van der Waals surface area (Å²) in [5.41, 5.74) is 10.8. The molecular formula is C10H13N5O3. The van der Waals surface area contributed by atoms with Crippen molar-refractivity contribution in [2.75, 3.05) is 6.54 Å². The van der Waals surface area contributed by atoms with Gasteiger partial charge in [-0.1, -0.05) is 5.16 Å². The molecule has 0 bridgehead atoms. The van der Waals surface area contributed by atoms with E-state index in [9.17, 15) is 9.59 Å². The highest BCUT2D eigenvalue weighted by atomic mass is 16.4. The Hall–Kier alpha value is -2.64. The van der Waals surface area contributed by atoms with Crippen molar-refractivity contribution in [3.8, 4) is 0 Å². The van der Waals surface area contributed by atoms with Gasteiger partial charge < -0.3 is 22.0 Å². The van der Waals surface area contributed by atoms with E-state index in [0.717, 1.165) is 0 Å². The molecule has 0 aliphatic carbocycles. The SMILES string of the molecule is NC(=O)CCNC(=O)c1ccc(C(N)=NO)cn1. The van der Waals surface area contributed by atoms with E-state index in [4.69, 9.17) is 16.7 Å². The molecule has 0 unspecified atom stereocenters. The number of nitrogens with one attached hydrogen (secondary N) is 1. The Morgan fingerprint density at radius 3 is 2.61 bits per heavy atom. The van der Waals surface area contributed by atoms with E-state index in [1.807, 2.05) is 0 Å². The standard InChI is InChI=1S/C10H13N5O3/c11-8(16)3-4-13-10(17)7-2-1-6(5-14-7)9(12)15-18/h1-2,5,18H,3-4H2,(H2,11,16)(H2,12,15)(H,13,17). The van der Waals surface area contributed by atoms with E-state index >= 15 is 0 Å². The van der Waals surface area contributed by atoms with Gasteiger partial charge in [0.2, 0.25) is 5.91 Å². The van der Waals surface area contributed by atoms with Gasteiger partial charge in [0.1, 0.15) is 5.69 Å². The molecule has 0 atom stereocenters. The van der Waals surface area contributed by atoms with Crippen LogP contribution in [0.5, 0.6) is 0 Å². The summed E-state index contributed by atoms with van der Waals surface area (Å²) in [5, 5.41) is 13.7. The third-order valence-corrected chi connectivity index (χ3v) is 2.06. The summed E-state index contributed by atoms with van der Waals surface area (Å²) in [5.74, 6) is -1.02. The van der Waals surface area contributed by atoms with Crippen molar-refractivity contribution in [3.05, 3.63) is 29.6 Å². The Morgan fingerprint density at radius 1 is 1.39 bits per heavy atom. The second-order valence-corrected chi connectivity index (χ2v) is 3.39. The van der Waals surface area contributed by atoms with Crippen LogP contribution in [0.1, 0.15) is 22.5 Å². The van der Waals surface area contributed by atoms with Gasteiger partial charge >= 0.3 is 0 Å². The Labute approximate surface area is 103 Å². The maximum atomic E-state index is 11.5. The number of pyridine rings is 1. The van der Waals surface area contributed by atoms with Crippen LogP contribution in [0.3, 0.4) is 0 Å². The largest absolute Gasteiger partial charge is 0.409 e. The van der Waals surface area contributed by atoms with Gasteiger partial charge in [0.25, 0.3) is 5.91 Å². The maximum Gasteiger partial charge on any atom is 0.269 e. The Morgan fingerprint density at radius 2 is 2.11 bits per heavy atom. The van der Waals surface area contributed by atoms with Gasteiger partial charge in [0, 0.05) is 24.7 Å². The number of nitrogens with two attached hydrogens (primary N) is 2. The molecule has 6 N–H and O–H groups in total. The minimum atomic E-state index is -0.495. The van der Waals surface area contributed by atoms with Crippen molar-refractivity contribution in [1.82, 2.24) is 10.3 Å². The lowest BCUT2D eigenvalue weighted by atomic mass is 10.2. The normalized spacial score (nSPS) is 11.0. The molecule has 8 nitrogen and oxygen atoms in total. The number of oxime groups is 1. The Balaban J connectivity index is 2.62. The van der Waals surface area contributed by atoms with Gasteiger partial charge in [0.05, 0.1) is 0 Å². The summed E-state index contributed by atoms with van der Waals surface area (Å²) in [4.78, 5) is 25.9. The lowest BCUT2D eigenvalue weighted by molar-refractivity contribution is -0.117. The van der Waals surface area contributed by atoms with Crippen molar-refractivity contribution >= 4 is 17.6 Å². The summed E-state index contributed by atoms with van der Waals surface area (Å²) >= 11 is 0. The number of amidine groups is 1. The number of aromatic nitrogens is 1. The first-order valence-electron chi connectivity index (χ1n) is 5.05. The fourth-order valence-electron chi connectivity index (χ4n) is 1.13. The second-order valence-electron chi connectivity index (χ2n) is 3.39. The van der Waals surface area contributed by atoms with Gasteiger partial charge in [-0.25, -0.2) is 0 Å². The number of amides is 2. The van der Waals surface area contributed by atoms with Crippen molar-refractivity contribution < 1.29 is 14.8 Å². The summed E-state index contributed by atoms with van der Waals surface area (Å²) in [7, 11) is 0. The van der Waals surface area contributed by atoms with E-state index < -0.39 is 11.8 Å². The van der Waals surface area contributed by atoms with E-state index in [1.54, 1.807) is 0 Å². The molecule has 0 spiro atoms. The van der Waals surface area contributed by atoms with Gasteiger partial charge in [-0.3, -0.25) is 14.6 Å². The molecule has 1 aromatic heterocycles. The fraction of sp³-hybridized carbons (Fsp3) is 0.200. The number of hydrogen-bond donors (Lipinski definition) is 4. The van der Waals surface area contributed by atoms with Crippen LogP contribution in [-0.4, -0.2) is 34.4 Å². The molecule has 0 radical (unpaired) electrons. The quantitative estimate of drug-likeness (QED) is 0.224. The zero-order valence-electron chi connectivity index (χ0n) is 9.46. The van der Waals surface area contributed by atoms with Gasteiger partial charge in [0.15, 0.2) is 5.84 Å². The lowest BCUT2D eigenvalue weighted by Gasteiger charge is -2.03. The van der Waals surface area contributed by atoms with Crippen LogP contribution in [0.4, 0.5) is 0 Å².